The summed E-state index contributed by atoms with van der Waals surface area (Å²) in [4.78, 5) is 47.0. The summed E-state index contributed by atoms with van der Waals surface area (Å²) in [5.41, 5.74) is -4.47. The van der Waals surface area contributed by atoms with Crippen molar-refractivity contribution in [2.45, 2.75) is 120 Å². The van der Waals surface area contributed by atoms with E-state index in [1.807, 2.05) is 83.1 Å². The summed E-state index contributed by atoms with van der Waals surface area (Å²) in [6.07, 6.45) is 0.893. The lowest BCUT2D eigenvalue weighted by atomic mass is 9.73. The molecule has 0 aliphatic rings. The van der Waals surface area contributed by atoms with Crippen LogP contribution in [0.4, 0.5) is 0 Å². The molecule has 0 saturated carbocycles. The molecule has 0 aromatic heterocycles. The zero-order valence-corrected chi connectivity index (χ0v) is 23.4. The Hall–Kier alpha value is -2.00. The molecule has 34 heavy (non-hydrogen) atoms. The van der Waals surface area contributed by atoms with E-state index in [1.165, 1.54) is 0 Å². The van der Waals surface area contributed by atoms with Crippen molar-refractivity contribution in [1.29, 1.82) is 0 Å². The molecule has 0 N–H and O–H groups in total. The monoisotopic (exact) mass is 490 g/mol. The highest BCUT2D eigenvalue weighted by Crippen LogP contribution is 2.42. The maximum atomic E-state index is 13.2. The van der Waals surface area contributed by atoms with Gasteiger partial charge >= 0.3 is 5.09 Å². The second-order valence-electron chi connectivity index (χ2n) is 14.7. The highest BCUT2D eigenvalue weighted by molar-refractivity contribution is 4.90. The first-order valence-electron chi connectivity index (χ1n) is 11.9. The average molecular weight is 491 g/mol. The number of rotatable bonds is 12. The van der Waals surface area contributed by atoms with Crippen molar-refractivity contribution in [3.05, 3.63) is 25.1 Å². The third-order valence-electron chi connectivity index (χ3n) is 4.78. The van der Waals surface area contributed by atoms with Crippen LogP contribution in [0.2, 0.25) is 0 Å². The van der Waals surface area contributed by atoms with Crippen molar-refractivity contribution in [3.8, 4) is 0 Å². The van der Waals surface area contributed by atoms with E-state index in [-0.39, 0.29) is 30.8 Å². The summed E-state index contributed by atoms with van der Waals surface area (Å²) in [6, 6.07) is 0. The van der Waals surface area contributed by atoms with Gasteiger partial charge in [0, 0.05) is 35.5 Å². The molecule has 0 aliphatic heterocycles. The van der Waals surface area contributed by atoms with Crippen LogP contribution in [0.3, 0.4) is 0 Å². The molecule has 10 heteroatoms. The van der Waals surface area contributed by atoms with Gasteiger partial charge < -0.3 is 0 Å². The highest BCUT2D eigenvalue weighted by Gasteiger charge is 2.55. The van der Waals surface area contributed by atoms with E-state index < -0.39 is 55.8 Å². The predicted octanol–water partition coefficient (Wildman–Crippen LogP) is 6.40. The van der Waals surface area contributed by atoms with E-state index in [2.05, 4.69) is 0 Å². The Balaban J connectivity index is 6.43. The second-order valence-corrected chi connectivity index (χ2v) is 14.7. The van der Waals surface area contributed by atoms with Crippen molar-refractivity contribution in [2.24, 2.45) is 21.7 Å². The van der Waals surface area contributed by atoms with Crippen molar-refractivity contribution < 1.29 is 24.6 Å². The standard InChI is InChI=1S/C24H48N3O7/c1-19(2,3)13-23(17-25(28)29,14-20(4,5)6)33-27(32)34-24(18-26(30)31,15-21(7,8)9)16-22(10,11)12/h13-18H2,1-12H3/q+1. The van der Waals surface area contributed by atoms with Crippen LogP contribution >= 0.6 is 0 Å². The number of nitrogens with zero attached hydrogens (tertiary/aromatic N) is 3. The molecule has 0 unspecified atom stereocenters. The normalized spacial score (nSPS) is 14.0. The van der Waals surface area contributed by atoms with Gasteiger partial charge in [-0.3, -0.25) is 20.2 Å². The lowest BCUT2D eigenvalue weighted by Gasteiger charge is -2.36. The highest BCUT2D eigenvalue weighted by atomic mass is 17.0. The summed E-state index contributed by atoms with van der Waals surface area (Å²) in [5.74, 6) is 0. The molecular weight excluding hydrogens is 442 g/mol. The van der Waals surface area contributed by atoms with E-state index in [0.29, 0.717) is 0 Å². The fourth-order valence-corrected chi connectivity index (χ4v) is 5.21. The van der Waals surface area contributed by atoms with Gasteiger partial charge in [0.15, 0.2) is 0 Å². The minimum atomic E-state index is -1.45. The third-order valence-corrected chi connectivity index (χ3v) is 4.78. The molecule has 0 aliphatic carbocycles. The van der Waals surface area contributed by atoms with Crippen molar-refractivity contribution in [1.82, 2.24) is 0 Å². The van der Waals surface area contributed by atoms with Gasteiger partial charge in [-0.15, -0.1) is 0 Å². The van der Waals surface area contributed by atoms with Crippen molar-refractivity contribution >= 4 is 0 Å². The smallest absolute Gasteiger partial charge is 0.264 e. The van der Waals surface area contributed by atoms with E-state index in [0.717, 1.165) is 0 Å². The van der Waals surface area contributed by atoms with Crippen LogP contribution in [-0.2, 0) is 9.68 Å². The molecule has 0 saturated heterocycles. The summed E-state index contributed by atoms with van der Waals surface area (Å²) in [6.45, 7) is 21.8. The average Bonchev–Trinajstić information content (AvgIpc) is 2.34. The molecule has 0 bridgehead atoms. The zero-order valence-electron chi connectivity index (χ0n) is 23.4. The van der Waals surface area contributed by atoms with Gasteiger partial charge in [0.2, 0.25) is 0 Å². The molecule has 200 valence electrons. The zero-order chi connectivity index (χ0) is 27.4. The molecule has 0 rings (SSSR count). The van der Waals surface area contributed by atoms with Crippen molar-refractivity contribution in [2.75, 3.05) is 13.1 Å². The maximum absolute atomic E-state index is 13.2. The van der Waals surface area contributed by atoms with E-state index in [1.54, 1.807) is 0 Å². The van der Waals surface area contributed by atoms with Crippen LogP contribution in [0.25, 0.3) is 0 Å². The van der Waals surface area contributed by atoms with Gasteiger partial charge in [-0.2, -0.15) is 9.68 Å². The molecular formula is C24H48N3O7+. The molecule has 0 atom stereocenters. The number of hydrogen-bond acceptors (Lipinski definition) is 7. The van der Waals surface area contributed by atoms with Gasteiger partial charge in [-0.25, -0.2) is 0 Å². The predicted molar refractivity (Wildman–Crippen MR) is 131 cm³/mol. The lowest BCUT2D eigenvalue weighted by Crippen LogP contribution is -2.52. The molecule has 0 radical (unpaired) electrons. The molecule has 0 heterocycles. The number of hydrogen-bond donors (Lipinski definition) is 0. The van der Waals surface area contributed by atoms with E-state index in [4.69, 9.17) is 9.68 Å². The summed E-state index contributed by atoms with van der Waals surface area (Å²) in [7, 11) is 0. The maximum Gasteiger partial charge on any atom is 0.479 e. The third kappa shape index (κ3) is 14.3. The largest absolute Gasteiger partial charge is 0.479 e. The van der Waals surface area contributed by atoms with Crippen LogP contribution < -0.4 is 0 Å². The molecule has 0 spiro atoms. The van der Waals surface area contributed by atoms with E-state index >= 15 is 0 Å². The topological polar surface area (TPSA) is 125 Å². The molecule has 0 aromatic carbocycles. The Labute approximate surface area is 204 Å². The Morgan fingerprint density at radius 2 is 0.706 bits per heavy atom. The van der Waals surface area contributed by atoms with Crippen LogP contribution in [0.5, 0.6) is 0 Å². The fourth-order valence-electron chi connectivity index (χ4n) is 5.21. The Bertz CT molecular complexity index is 631. The Morgan fingerprint density at radius 1 is 0.500 bits per heavy atom. The Morgan fingerprint density at radius 3 is 0.853 bits per heavy atom. The molecule has 0 fully saturated rings. The Kier molecular flexibility index (Phi) is 10.1. The lowest BCUT2D eigenvalue weighted by molar-refractivity contribution is -1.01. The molecule has 0 amide bonds. The molecule has 0 aromatic rings. The second kappa shape index (κ2) is 10.7. The summed E-state index contributed by atoms with van der Waals surface area (Å²) in [5, 5.41) is 23.2. The molecule has 10 nitrogen and oxygen atoms in total. The quantitative estimate of drug-likeness (QED) is 0.229. The van der Waals surface area contributed by atoms with Gasteiger partial charge in [0.1, 0.15) is 4.91 Å². The van der Waals surface area contributed by atoms with Gasteiger partial charge in [0.05, 0.1) is 0 Å². The van der Waals surface area contributed by atoms with Gasteiger partial charge in [-0.1, -0.05) is 83.1 Å². The first-order chi connectivity index (χ1) is 14.8. The minimum Gasteiger partial charge on any atom is -0.264 e. The first-order valence-corrected chi connectivity index (χ1v) is 11.9. The SMILES string of the molecule is CC(C)(C)CC(C[N+](=O)[O-])(CC(C)(C)C)O[N+](=O)OC(C[N+](=O)[O-])(CC(C)(C)C)CC(C)(C)C. The van der Waals surface area contributed by atoms with Crippen molar-refractivity contribution in [3.63, 3.8) is 0 Å². The summed E-state index contributed by atoms with van der Waals surface area (Å²) >= 11 is 0. The summed E-state index contributed by atoms with van der Waals surface area (Å²) < 4.78 is 0. The van der Waals surface area contributed by atoms with E-state index in [9.17, 15) is 25.1 Å². The van der Waals surface area contributed by atoms with Crippen LogP contribution in [-0.4, -0.2) is 39.2 Å². The van der Waals surface area contributed by atoms with Gasteiger partial charge in [0.25, 0.3) is 24.3 Å². The number of nitro groups is 2. The first kappa shape index (κ1) is 32.0. The minimum absolute atomic E-state index is 0.0814. The van der Waals surface area contributed by atoms with Gasteiger partial charge in [-0.05, 0) is 21.7 Å². The fraction of sp³-hybridized carbons (Fsp3) is 1.00. The van der Waals surface area contributed by atoms with Crippen LogP contribution in [0, 0.1) is 46.8 Å². The van der Waals surface area contributed by atoms with Crippen LogP contribution in [0.1, 0.15) is 109 Å². The van der Waals surface area contributed by atoms with Crippen LogP contribution in [0.15, 0.2) is 0 Å².